The van der Waals surface area contributed by atoms with Gasteiger partial charge in [0.25, 0.3) is 0 Å². The van der Waals surface area contributed by atoms with E-state index in [9.17, 15) is 29.7 Å². The standard InChI is InChI=1S/C6H8O7.2Ca.NO3/c7-3(8)1-6(13,5(11)12)2-4(9)10;;;2-1(3)4/h13H,1-2H2,(H,7,8)(H,9,10)(H,11,12);;;/q;2*+2;-1/p-3. The fourth-order valence-electron chi connectivity index (χ4n) is 0.684. The number of aliphatic hydroxyl groups is 1. The van der Waals surface area contributed by atoms with Crippen molar-refractivity contribution < 1.29 is 39.9 Å². The van der Waals surface area contributed by atoms with Gasteiger partial charge in [-0.05, 0) is 0 Å². The first-order chi connectivity index (χ1) is 7.51. The number of carbonyl (C=O) groups is 3. The van der Waals surface area contributed by atoms with Gasteiger partial charge in [-0.1, -0.05) is 0 Å². The average Bonchev–Trinajstić information content (AvgIpc) is 1.98. The molecule has 0 aromatic rings. The number of carboxylic acid groups (broad SMARTS) is 3. The molecule has 0 aliphatic carbocycles. The van der Waals surface area contributed by atoms with Crippen LogP contribution in [-0.2, 0) is 14.4 Å². The van der Waals surface area contributed by atoms with Gasteiger partial charge in [0.15, 0.2) is 0 Å². The normalized spacial score (nSPS) is 8.68. The number of rotatable bonds is 5. The summed E-state index contributed by atoms with van der Waals surface area (Å²) in [5, 5.41) is 53.7. The number of hydrogen-bond donors (Lipinski definition) is 1. The Kier molecular flexibility index (Phi) is 18.9. The Morgan fingerprint density at radius 1 is 0.947 bits per heavy atom. The van der Waals surface area contributed by atoms with E-state index in [2.05, 4.69) is 0 Å². The molecule has 0 fully saturated rings. The van der Waals surface area contributed by atoms with Gasteiger partial charge in [0, 0.05) is 24.8 Å². The molecule has 19 heavy (non-hydrogen) atoms. The van der Waals surface area contributed by atoms with E-state index in [0.29, 0.717) is 0 Å². The first-order valence-electron chi connectivity index (χ1n) is 3.66. The average molecular weight is 331 g/mol. The summed E-state index contributed by atoms with van der Waals surface area (Å²) in [5.74, 6) is -5.98. The molecule has 13 heteroatoms. The van der Waals surface area contributed by atoms with Crippen LogP contribution in [0.15, 0.2) is 0 Å². The number of carboxylic acids is 3. The molecule has 0 atom stereocenters. The summed E-state index contributed by atoms with van der Waals surface area (Å²) in [6, 6.07) is 0. The molecule has 0 spiro atoms. The number of nitrogens with zero attached hydrogens (tertiary/aromatic N) is 1. The van der Waals surface area contributed by atoms with Crippen LogP contribution in [0.5, 0.6) is 0 Å². The summed E-state index contributed by atoms with van der Waals surface area (Å²) in [7, 11) is 0. The van der Waals surface area contributed by atoms with Crippen LogP contribution in [0.3, 0.4) is 0 Å². The van der Waals surface area contributed by atoms with Gasteiger partial charge in [-0.25, -0.2) is 0 Å². The SMILES string of the molecule is O=C([O-])CC(O)(CC(=O)[O-])C(=O)[O-].O=[N+]([O-])[O-].[Ca+2].[Ca+2]. The van der Waals surface area contributed by atoms with Crippen molar-refractivity contribution in [2.75, 3.05) is 0 Å². The fraction of sp³-hybridized carbons (Fsp3) is 0.500. The second-order valence-electron chi connectivity index (χ2n) is 2.64. The molecule has 0 radical (unpaired) electrons. The van der Waals surface area contributed by atoms with E-state index >= 15 is 0 Å². The topological polar surface area (TPSA) is 207 Å². The molecule has 0 rings (SSSR count). The monoisotopic (exact) mass is 331 g/mol. The van der Waals surface area contributed by atoms with Gasteiger partial charge < -0.3 is 50.1 Å². The smallest absolute Gasteiger partial charge is 0.550 e. The van der Waals surface area contributed by atoms with Crippen LogP contribution in [-0.4, -0.2) is 109 Å². The van der Waals surface area contributed by atoms with Crippen LogP contribution in [0, 0.1) is 15.3 Å². The molecule has 0 saturated carbocycles. The van der Waals surface area contributed by atoms with E-state index in [-0.39, 0.29) is 75.5 Å². The summed E-state index contributed by atoms with van der Waals surface area (Å²) < 4.78 is 0. The zero-order chi connectivity index (χ0) is 14.2. The maximum absolute atomic E-state index is 10.1. The predicted octanol–water partition coefficient (Wildman–Crippen LogP) is -6.25. The fourth-order valence-corrected chi connectivity index (χ4v) is 0.684. The van der Waals surface area contributed by atoms with E-state index in [0.717, 1.165) is 0 Å². The van der Waals surface area contributed by atoms with Gasteiger partial charge in [-0.2, -0.15) is 0 Å². The molecule has 0 aliphatic rings. The Hall–Kier alpha value is 0.0895. The number of aliphatic carboxylic acids is 3. The molecule has 11 nitrogen and oxygen atoms in total. The van der Waals surface area contributed by atoms with E-state index in [1.807, 2.05) is 0 Å². The maximum atomic E-state index is 10.1. The zero-order valence-electron chi connectivity index (χ0n) is 9.40. The van der Waals surface area contributed by atoms with Crippen molar-refractivity contribution in [3.8, 4) is 0 Å². The molecular weight excluding hydrogens is 326 g/mol. The molecule has 0 amide bonds. The predicted molar refractivity (Wildman–Crippen MR) is 51.1 cm³/mol. The van der Waals surface area contributed by atoms with Crippen molar-refractivity contribution in [2.45, 2.75) is 18.4 Å². The Morgan fingerprint density at radius 2 is 1.16 bits per heavy atom. The second-order valence-corrected chi connectivity index (χ2v) is 2.64. The van der Waals surface area contributed by atoms with Crippen molar-refractivity contribution in [1.82, 2.24) is 0 Å². The van der Waals surface area contributed by atoms with E-state index in [1.165, 1.54) is 0 Å². The molecule has 1 N–H and O–H groups in total. The first kappa shape index (κ1) is 27.4. The summed E-state index contributed by atoms with van der Waals surface area (Å²) in [6.45, 7) is 0. The van der Waals surface area contributed by atoms with Gasteiger partial charge in [0.2, 0.25) is 0 Å². The molecule has 0 aromatic carbocycles. The Morgan fingerprint density at radius 3 is 1.26 bits per heavy atom. The van der Waals surface area contributed by atoms with Crippen molar-refractivity contribution in [3.05, 3.63) is 15.3 Å². The van der Waals surface area contributed by atoms with Gasteiger partial charge in [-0.3, -0.25) is 0 Å². The first-order valence-corrected chi connectivity index (χ1v) is 3.66. The summed E-state index contributed by atoms with van der Waals surface area (Å²) in [5.41, 5.74) is -2.97. The van der Waals surface area contributed by atoms with Gasteiger partial charge in [0.05, 0.1) is 11.1 Å². The van der Waals surface area contributed by atoms with Gasteiger partial charge in [0.1, 0.15) is 5.60 Å². The third-order valence-electron chi connectivity index (χ3n) is 1.25. The van der Waals surface area contributed by atoms with E-state index in [1.54, 1.807) is 0 Å². The maximum Gasteiger partial charge on any atom is 2.00 e. The Labute approximate surface area is 165 Å². The summed E-state index contributed by atoms with van der Waals surface area (Å²) in [4.78, 5) is 38.2. The third-order valence-corrected chi connectivity index (χ3v) is 1.25. The molecule has 0 heterocycles. The van der Waals surface area contributed by atoms with E-state index in [4.69, 9.17) is 20.4 Å². The van der Waals surface area contributed by atoms with Crippen LogP contribution in [0.25, 0.3) is 0 Å². The minimum absolute atomic E-state index is 0. The second kappa shape index (κ2) is 13.1. The minimum atomic E-state index is -2.97. The van der Waals surface area contributed by atoms with Crippen molar-refractivity contribution in [2.24, 2.45) is 0 Å². The van der Waals surface area contributed by atoms with Crippen LogP contribution < -0.4 is 15.3 Å². The minimum Gasteiger partial charge on any atom is -0.550 e. The van der Waals surface area contributed by atoms with Crippen molar-refractivity contribution in [1.29, 1.82) is 0 Å². The Balaban J connectivity index is -0.000000165. The molecular formula is C6H5Ca2NO10. The quantitative estimate of drug-likeness (QED) is 0.286. The molecule has 0 aliphatic heterocycles. The summed E-state index contributed by atoms with van der Waals surface area (Å²) in [6.07, 6.45) is -2.72. The largest absolute Gasteiger partial charge is 2.00 e. The van der Waals surface area contributed by atoms with Crippen molar-refractivity contribution >= 4 is 93.4 Å². The van der Waals surface area contributed by atoms with Crippen LogP contribution >= 0.6 is 0 Å². The molecule has 0 unspecified atom stereocenters. The Bertz CT molecular complexity index is 312. The third kappa shape index (κ3) is 18.1. The van der Waals surface area contributed by atoms with E-state index < -0.39 is 41.4 Å². The van der Waals surface area contributed by atoms with Gasteiger partial charge in [-0.15, -0.1) is 0 Å². The van der Waals surface area contributed by atoms with Gasteiger partial charge >= 0.3 is 75.5 Å². The van der Waals surface area contributed by atoms with Crippen LogP contribution in [0.2, 0.25) is 0 Å². The molecule has 0 saturated heterocycles. The summed E-state index contributed by atoms with van der Waals surface area (Å²) >= 11 is 0. The van der Waals surface area contributed by atoms with Crippen LogP contribution in [0.1, 0.15) is 12.8 Å². The zero-order valence-corrected chi connectivity index (χ0v) is 13.8. The molecule has 0 bridgehead atoms. The number of carbonyl (C=O) groups excluding carboxylic acids is 3. The van der Waals surface area contributed by atoms with Crippen LogP contribution in [0.4, 0.5) is 0 Å². The molecule has 0 aromatic heterocycles. The number of hydrogen-bond acceptors (Lipinski definition) is 10. The van der Waals surface area contributed by atoms with Crippen molar-refractivity contribution in [3.63, 3.8) is 0 Å². The molecule has 98 valence electrons.